The van der Waals surface area contributed by atoms with E-state index in [1.54, 1.807) is 11.4 Å². The van der Waals surface area contributed by atoms with Crippen LogP contribution in [0.5, 0.6) is 5.75 Å². The van der Waals surface area contributed by atoms with E-state index < -0.39 is 25.2 Å². The number of carbonyl (C=O) groups excluding carboxylic acids is 1. The van der Waals surface area contributed by atoms with Gasteiger partial charge in [-0.1, -0.05) is 29.3 Å². The molecule has 0 aliphatic rings. The lowest BCUT2D eigenvalue weighted by atomic mass is 10.3. The molecule has 0 heterocycles. The van der Waals surface area contributed by atoms with Gasteiger partial charge in [0.2, 0.25) is 0 Å². The Morgan fingerprint density at radius 2 is 1.83 bits per heavy atom. The van der Waals surface area contributed by atoms with Crippen LogP contribution in [-0.4, -0.2) is 25.2 Å². The third-order valence-corrected chi connectivity index (χ3v) is 2.35. The second kappa shape index (κ2) is 6.15. The number of hydrogen-bond acceptors (Lipinski definition) is 2. The Kier molecular flexibility index (Phi) is 5.10. The van der Waals surface area contributed by atoms with Crippen LogP contribution in [0.15, 0.2) is 18.2 Å². The predicted octanol–water partition coefficient (Wildman–Crippen LogP) is 3.05. The second-order valence-electron chi connectivity index (χ2n) is 3.23. The smallest absolute Gasteiger partial charge is 0.405 e. The first-order valence-corrected chi connectivity index (χ1v) is 5.45. The van der Waals surface area contributed by atoms with Crippen LogP contribution in [0.25, 0.3) is 0 Å². The minimum atomic E-state index is -4.46. The van der Waals surface area contributed by atoms with Crippen molar-refractivity contribution >= 4 is 29.1 Å². The molecule has 0 saturated carbocycles. The van der Waals surface area contributed by atoms with Crippen LogP contribution >= 0.6 is 23.2 Å². The number of para-hydroxylation sites is 1. The van der Waals surface area contributed by atoms with Gasteiger partial charge in [-0.3, -0.25) is 4.79 Å². The minimum Gasteiger partial charge on any atom is -0.481 e. The van der Waals surface area contributed by atoms with Crippen molar-refractivity contribution < 1.29 is 22.7 Å². The summed E-state index contributed by atoms with van der Waals surface area (Å²) in [4.78, 5) is 11.1. The van der Waals surface area contributed by atoms with Gasteiger partial charge in [-0.25, -0.2) is 0 Å². The van der Waals surface area contributed by atoms with Crippen LogP contribution in [0.1, 0.15) is 0 Å². The molecule has 1 N–H and O–H groups in total. The van der Waals surface area contributed by atoms with E-state index in [1.165, 1.54) is 12.1 Å². The zero-order chi connectivity index (χ0) is 13.8. The van der Waals surface area contributed by atoms with Crippen LogP contribution in [0, 0.1) is 0 Å². The first-order valence-electron chi connectivity index (χ1n) is 4.70. The SMILES string of the molecule is O=C(COc1c(Cl)cccc1Cl)NCC(F)(F)F. The molecule has 100 valence electrons. The standard InChI is InChI=1S/C10H8Cl2F3NO2/c11-6-2-1-3-7(12)9(6)18-4-8(17)16-5-10(13,14)15/h1-3H,4-5H2,(H,16,17). The molecule has 1 aromatic carbocycles. The molecule has 1 amide bonds. The Balaban J connectivity index is 2.48. The molecule has 0 aromatic heterocycles. The second-order valence-corrected chi connectivity index (χ2v) is 4.05. The fourth-order valence-electron chi connectivity index (χ4n) is 1.01. The summed E-state index contributed by atoms with van der Waals surface area (Å²) in [5.74, 6) is -0.855. The molecule has 18 heavy (non-hydrogen) atoms. The highest BCUT2D eigenvalue weighted by Gasteiger charge is 2.27. The predicted molar refractivity (Wildman–Crippen MR) is 61.0 cm³/mol. The molecule has 0 radical (unpaired) electrons. The lowest BCUT2D eigenvalue weighted by molar-refractivity contribution is -0.139. The van der Waals surface area contributed by atoms with Crippen molar-refractivity contribution in [1.29, 1.82) is 0 Å². The van der Waals surface area contributed by atoms with Crippen molar-refractivity contribution in [2.24, 2.45) is 0 Å². The quantitative estimate of drug-likeness (QED) is 0.928. The number of ether oxygens (including phenoxy) is 1. The third-order valence-electron chi connectivity index (χ3n) is 1.75. The molecule has 0 fully saturated rings. The number of nitrogens with one attached hydrogen (secondary N) is 1. The number of benzene rings is 1. The first kappa shape index (κ1) is 14.9. The van der Waals surface area contributed by atoms with E-state index in [9.17, 15) is 18.0 Å². The number of halogens is 5. The van der Waals surface area contributed by atoms with Gasteiger partial charge < -0.3 is 10.1 Å². The Bertz CT molecular complexity index is 417. The molecule has 0 atom stereocenters. The van der Waals surface area contributed by atoms with E-state index in [-0.39, 0.29) is 15.8 Å². The van der Waals surface area contributed by atoms with E-state index in [4.69, 9.17) is 27.9 Å². The van der Waals surface area contributed by atoms with Gasteiger partial charge >= 0.3 is 6.18 Å². The first-order chi connectivity index (χ1) is 8.29. The van der Waals surface area contributed by atoms with E-state index in [0.29, 0.717) is 0 Å². The molecule has 0 unspecified atom stereocenters. The number of hydrogen-bond donors (Lipinski definition) is 1. The van der Waals surface area contributed by atoms with Crippen molar-refractivity contribution in [3.63, 3.8) is 0 Å². The van der Waals surface area contributed by atoms with E-state index >= 15 is 0 Å². The molecule has 3 nitrogen and oxygen atoms in total. The third kappa shape index (κ3) is 5.01. The zero-order valence-electron chi connectivity index (χ0n) is 8.85. The summed E-state index contributed by atoms with van der Waals surface area (Å²) in [6, 6.07) is 4.54. The fourth-order valence-corrected chi connectivity index (χ4v) is 1.51. The van der Waals surface area contributed by atoms with Crippen LogP contribution in [0.3, 0.4) is 0 Å². The van der Waals surface area contributed by atoms with E-state index in [0.717, 1.165) is 0 Å². The van der Waals surface area contributed by atoms with Crippen LogP contribution in [-0.2, 0) is 4.79 Å². The van der Waals surface area contributed by atoms with Crippen molar-refractivity contribution in [1.82, 2.24) is 5.32 Å². The summed E-state index contributed by atoms with van der Waals surface area (Å²) in [5.41, 5.74) is 0. The highest BCUT2D eigenvalue weighted by molar-refractivity contribution is 6.37. The van der Waals surface area contributed by atoms with Crippen LogP contribution in [0.4, 0.5) is 13.2 Å². The Labute approximate surface area is 111 Å². The van der Waals surface area contributed by atoms with Crippen molar-refractivity contribution in [3.8, 4) is 5.75 Å². The van der Waals surface area contributed by atoms with Gasteiger partial charge in [0, 0.05) is 0 Å². The van der Waals surface area contributed by atoms with Crippen LogP contribution < -0.4 is 10.1 Å². The van der Waals surface area contributed by atoms with Crippen LogP contribution in [0.2, 0.25) is 10.0 Å². The van der Waals surface area contributed by atoms with Crippen molar-refractivity contribution in [2.45, 2.75) is 6.18 Å². The summed E-state index contributed by atoms with van der Waals surface area (Å²) in [7, 11) is 0. The van der Waals surface area contributed by atoms with Gasteiger partial charge in [0.25, 0.3) is 5.91 Å². The maximum Gasteiger partial charge on any atom is 0.405 e. The molecule has 0 spiro atoms. The summed E-state index contributed by atoms with van der Waals surface area (Å²) < 4.78 is 40.4. The van der Waals surface area contributed by atoms with Crippen molar-refractivity contribution in [2.75, 3.05) is 13.2 Å². The highest BCUT2D eigenvalue weighted by atomic mass is 35.5. The molecule has 0 saturated heterocycles. The zero-order valence-corrected chi connectivity index (χ0v) is 10.4. The van der Waals surface area contributed by atoms with Gasteiger partial charge in [-0.2, -0.15) is 13.2 Å². The van der Waals surface area contributed by atoms with E-state index in [1.807, 2.05) is 0 Å². The molecule has 8 heteroatoms. The monoisotopic (exact) mass is 301 g/mol. The minimum absolute atomic E-state index is 0.0583. The number of alkyl halides is 3. The molecular weight excluding hydrogens is 294 g/mol. The molecule has 0 aliphatic carbocycles. The average molecular weight is 302 g/mol. The maximum absolute atomic E-state index is 11.8. The lowest BCUT2D eigenvalue weighted by Gasteiger charge is -2.11. The summed E-state index contributed by atoms with van der Waals surface area (Å²) in [6.07, 6.45) is -4.46. The molecule has 1 rings (SSSR count). The Morgan fingerprint density at radius 1 is 1.28 bits per heavy atom. The molecule has 0 bridgehead atoms. The van der Waals surface area contributed by atoms with Gasteiger partial charge in [0.05, 0.1) is 10.0 Å². The van der Waals surface area contributed by atoms with Crippen molar-refractivity contribution in [3.05, 3.63) is 28.2 Å². The molecule has 1 aromatic rings. The van der Waals surface area contributed by atoms with E-state index in [2.05, 4.69) is 0 Å². The summed E-state index contributed by atoms with van der Waals surface area (Å²) in [6.45, 7) is -2.01. The van der Waals surface area contributed by atoms with Gasteiger partial charge in [0.15, 0.2) is 12.4 Å². The Hall–Kier alpha value is -1.14. The van der Waals surface area contributed by atoms with Gasteiger partial charge in [-0.05, 0) is 12.1 Å². The van der Waals surface area contributed by atoms with Gasteiger partial charge in [-0.15, -0.1) is 0 Å². The molecule has 0 aliphatic heterocycles. The summed E-state index contributed by atoms with van der Waals surface area (Å²) in [5, 5.41) is 2.00. The Morgan fingerprint density at radius 3 is 2.33 bits per heavy atom. The normalized spacial score (nSPS) is 11.2. The molecular formula is C10H8Cl2F3NO2. The topological polar surface area (TPSA) is 38.3 Å². The number of amides is 1. The number of carbonyl (C=O) groups is 1. The fraction of sp³-hybridized carbons (Fsp3) is 0.300. The highest BCUT2D eigenvalue weighted by Crippen LogP contribution is 2.32. The maximum atomic E-state index is 11.8. The average Bonchev–Trinajstić information content (AvgIpc) is 2.25. The lowest BCUT2D eigenvalue weighted by Crippen LogP contribution is -2.36. The summed E-state index contributed by atoms with van der Waals surface area (Å²) >= 11 is 11.5. The number of rotatable bonds is 4. The largest absolute Gasteiger partial charge is 0.481 e. The van der Waals surface area contributed by atoms with Gasteiger partial charge in [0.1, 0.15) is 6.54 Å².